The molecule has 0 saturated heterocycles. The second-order valence-corrected chi connectivity index (χ2v) is 6.05. The number of nitrogens with one attached hydrogen (secondary N) is 3. The Morgan fingerprint density at radius 2 is 1.52 bits per heavy atom. The predicted octanol–water partition coefficient (Wildman–Crippen LogP) is 4.04. The van der Waals surface area contributed by atoms with Gasteiger partial charge in [0, 0.05) is 23.0 Å². The minimum Gasteiger partial charge on any atom is -0.356 e. The summed E-state index contributed by atoms with van der Waals surface area (Å²) in [7, 11) is 0. The van der Waals surface area contributed by atoms with Crippen molar-refractivity contribution in [2.75, 3.05) is 10.6 Å². The number of carbonyl (C=O) groups excluding carboxylic acids is 1. The molecule has 0 radical (unpaired) electrons. The van der Waals surface area contributed by atoms with Crippen molar-refractivity contribution in [2.24, 2.45) is 5.92 Å². The van der Waals surface area contributed by atoms with E-state index in [9.17, 15) is 4.79 Å². The fourth-order valence-electron chi connectivity index (χ4n) is 2.37. The van der Waals surface area contributed by atoms with Gasteiger partial charge in [-0.3, -0.25) is 4.79 Å². The molecule has 1 amide bonds. The molecule has 0 bridgehead atoms. The van der Waals surface area contributed by atoms with Crippen LogP contribution in [0.25, 0.3) is 0 Å². The fourth-order valence-corrected chi connectivity index (χ4v) is 2.59. The third-order valence-corrected chi connectivity index (χ3v) is 4.12. The van der Waals surface area contributed by atoms with Crippen LogP contribution in [0.3, 0.4) is 0 Å². The molecule has 23 heavy (non-hydrogen) atoms. The highest BCUT2D eigenvalue weighted by Gasteiger charge is 2.25. The summed E-state index contributed by atoms with van der Waals surface area (Å²) in [6.45, 7) is 0. The van der Waals surface area contributed by atoms with Gasteiger partial charge in [0.1, 0.15) is 0 Å². The zero-order valence-corrected chi connectivity index (χ0v) is 13.5. The van der Waals surface area contributed by atoms with Crippen LogP contribution in [0.2, 0.25) is 0 Å². The van der Waals surface area contributed by atoms with Crippen molar-refractivity contribution >= 4 is 40.3 Å². The Balaban J connectivity index is 1.52. The molecule has 1 aliphatic rings. The van der Waals surface area contributed by atoms with Gasteiger partial charge in [0.05, 0.1) is 0 Å². The average molecular weight is 325 g/mol. The molecule has 0 atom stereocenters. The van der Waals surface area contributed by atoms with Crippen LogP contribution in [0, 0.1) is 5.92 Å². The first kappa shape index (κ1) is 15.5. The van der Waals surface area contributed by atoms with Crippen molar-refractivity contribution in [3.8, 4) is 0 Å². The van der Waals surface area contributed by atoms with Crippen LogP contribution < -0.4 is 16.0 Å². The third kappa shape index (κ3) is 4.29. The van der Waals surface area contributed by atoms with Crippen molar-refractivity contribution in [3.05, 3.63) is 54.6 Å². The third-order valence-electron chi connectivity index (χ3n) is 3.92. The summed E-state index contributed by atoms with van der Waals surface area (Å²) < 4.78 is 0. The van der Waals surface area contributed by atoms with E-state index in [1.54, 1.807) is 0 Å². The maximum Gasteiger partial charge on any atom is 0.229 e. The van der Waals surface area contributed by atoms with Crippen LogP contribution in [-0.2, 0) is 4.79 Å². The number of para-hydroxylation sites is 1. The number of benzene rings is 2. The Hall–Kier alpha value is -2.40. The fraction of sp³-hybridized carbons (Fsp3) is 0.222. The Kier molecular flexibility index (Phi) is 4.88. The molecule has 0 unspecified atom stereocenters. The summed E-state index contributed by atoms with van der Waals surface area (Å²) in [5, 5.41) is 9.46. The molecule has 3 N–H and O–H groups in total. The molecule has 0 spiro atoms. The predicted molar refractivity (Wildman–Crippen MR) is 97.9 cm³/mol. The van der Waals surface area contributed by atoms with E-state index in [0.717, 1.165) is 36.3 Å². The summed E-state index contributed by atoms with van der Waals surface area (Å²) in [6, 6.07) is 17.8. The number of hydrogen-bond donors (Lipinski definition) is 3. The topological polar surface area (TPSA) is 53.2 Å². The first-order valence-electron chi connectivity index (χ1n) is 7.75. The van der Waals surface area contributed by atoms with Gasteiger partial charge in [-0.15, -0.1) is 0 Å². The van der Waals surface area contributed by atoms with Gasteiger partial charge in [-0.2, -0.15) is 0 Å². The Morgan fingerprint density at radius 1 is 0.913 bits per heavy atom. The zero-order chi connectivity index (χ0) is 16.1. The average Bonchev–Trinajstić information content (AvgIpc) is 2.48. The van der Waals surface area contributed by atoms with Crippen molar-refractivity contribution in [3.63, 3.8) is 0 Å². The standard InChI is InChI=1S/C18H19N3OS/c22-17(13-5-4-6-13)21-18(23)20-16-11-9-15(10-12-16)19-14-7-2-1-3-8-14/h1-3,7-13,19H,4-6H2,(H2,20,21,22,23). The molecular formula is C18H19N3OS. The van der Waals surface area contributed by atoms with Gasteiger partial charge in [0.2, 0.25) is 5.91 Å². The van der Waals surface area contributed by atoms with Gasteiger partial charge in [-0.05, 0) is 61.5 Å². The van der Waals surface area contributed by atoms with Crippen LogP contribution >= 0.6 is 12.2 Å². The highest BCUT2D eigenvalue weighted by molar-refractivity contribution is 7.80. The van der Waals surface area contributed by atoms with E-state index in [4.69, 9.17) is 12.2 Å². The summed E-state index contributed by atoms with van der Waals surface area (Å²) in [6.07, 6.45) is 3.07. The SMILES string of the molecule is O=C(NC(=S)Nc1ccc(Nc2ccccc2)cc1)C1CCC1. The highest BCUT2D eigenvalue weighted by Crippen LogP contribution is 2.26. The molecule has 0 aromatic heterocycles. The van der Waals surface area contributed by atoms with Crippen molar-refractivity contribution in [2.45, 2.75) is 19.3 Å². The normalized spacial score (nSPS) is 13.7. The van der Waals surface area contributed by atoms with E-state index in [2.05, 4.69) is 16.0 Å². The number of amides is 1. The highest BCUT2D eigenvalue weighted by atomic mass is 32.1. The molecule has 5 heteroatoms. The van der Waals surface area contributed by atoms with Gasteiger partial charge in [0.25, 0.3) is 0 Å². The van der Waals surface area contributed by atoms with E-state index in [-0.39, 0.29) is 11.8 Å². The Morgan fingerprint density at radius 3 is 2.13 bits per heavy atom. The zero-order valence-electron chi connectivity index (χ0n) is 12.7. The summed E-state index contributed by atoms with van der Waals surface area (Å²) in [5.74, 6) is 0.156. The van der Waals surface area contributed by atoms with Crippen LogP contribution in [-0.4, -0.2) is 11.0 Å². The molecule has 3 rings (SSSR count). The molecule has 0 aliphatic heterocycles. The molecule has 1 fully saturated rings. The van der Waals surface area contributed by atoms with Crippen molar-refractivity contribution in [1.82, 2.24) is 5.32 Å². The maximum atomic E-state index is 11.8. The van der Waals surface area contributed by atoms with E-state index in [1.165, 1.54) is 0 Å². The van der Waals surface area contributed by atoms with E-state index >= 15 is 0 Å². The van der Waals surface area contributed by atoms with Crippen LogP contribution in [0.5, 0.6) is 0 Å². The van der Waals surface area contributed by atoms with E-state index in [1.807, 2.05) is 54.6 Å². The minimum absolute atomic E-state index is 0.0242. The largest absolute Gasteiger partial charge is 0.356 e. The molecular weight excluding hydrogens is 306 g/mol. The monoisotopic (exact) mass is 325 g/mol. The van der Waals surface area contributed by atoms with Gasteiger partial charge in [-0.1, -0.05) is 24.6 Å². The van der Waals surface area contributed by atoms with Crippen molar-refractivity contribution in [1.29, 1.82) is 0 Å². The lowest BCUT2D eigenvalue weighted by molar-refractivity contribution is -0.125. The lowest BCUT2D eigenvalue weighted by Crippen LogP contribution is -2.40. The van der Waals surface area contributed by atoms with Crippen molar-refractivity contribution < 1.29 is 4.79 Å². The first-order valence-corrected chi connectivity index (χ1v) is 8.15. The lowest BCUT2D eigenvalue weighted by atomic mass is 9.85. The van der Waals surface area contributed by atoms with Crippen LogP contribution in [0.15, 0.2) is 54.6 Å². The van der Waals surface area contributed by atoms with Gasteiger partial charge < -0.3 is 16.0 Å². The maximum absolute atomic E-state index is 11.8. The molecule has 1 saturated carbocycles. The number of carbonyl (C=O) groups is 1. The molecule has 0 heterocycles. The van der Waals surface area contributed by atoms with E-state index in [0.29, 0.717) is 5.11 Å². The van der Waals surface area contributed by atoms with Crippen LogP contribution in [0.4, 0.5) is 17.1 Å². The molecule has 2 aromatic rings. The molecule has 1 aliphatic carbocycles. The number of hydrogen-bond acceptors (Lipinski definition) is 3. The smallest absolute Gasteiger partial charge is 0.229 e. The molecule has 118 valence electrons. The molecule has 4 nitrogen and oxygen atoms in total. The minimum atomic E-state index is 0.0242. The van der Waals surface area contributed by atoms with E-state index < -0.39 is 0 Å². The number of thiocarbonyl (C=S) groups is 1. The Bertz CT molecular complexity index is 681. The summed E-state index contributed by atoms with van der Waals surface area (Å²) >= 11 is 5.18. The first-order chi connectivity index (χ1) is 11.2. The second kappa shape index (κ2) is 7.24. The number of rotatable bonds is 4. The quantitative estimate of drug-likeness (QED) is 0.743. The summed E-state index contributed by atoms with van der Waals surface area (Å²) in [5.41, 5.74) is 2.88. The van der Waals surface area contributed by atoms with Gasteiger partial charge in [-0.25, -0.2) is 0 Å². The Labute approximate surface area is 141 Å². The second-order valence-electron chi connectivity index (χ2n) is 5.64. The number of anilines is 3. The lowest BCUT2D eigenvalue weighted by Gasteiger charge is -2.24. The van der Waals surface area contributed by atoms with Gasteiger partial charge >= 0.3 is 0 Å². The molecule has 2 aromatic carbocycles. The van der Waals surface area contributed by atoms with Crippen LogP contribution in [0.1, 0.15) is 19.3 Å². The van der Waals surface area contributed by atoms with Gasteiger partial charge in [0.15, 0.2) is 5.11 Å². The summed E-state index contributed by atoms with van der Waals surface area (Å²) in [4.78, 5) is 11.8.